The third-order valence-electron chi connectivity index (χ3n) is 2.73. The zero-order chi connectivity index (χ0) is 13.0. The van der Waals surface area contributed by atoms with Crippen molar-refractivity contribution in [3.05, 3.63) is 29.3 Å². The third kappa shape index (κ3) is 3.51. The summed E-state index contributed by atoms with van der Waals surface area (Å²) in [5.74, 6) is -0.747. The second-order valence-electron chi connectivity index (χ2n) is 4.29. The topological polar surface area (TPSA) is 62.2 Å². The Morgan fingerprint density at radius 3 is 3.00 bits per heavy atom. The van der Waals surface area contributed by atoms with Gasteiger partial charge in [0, 0.05) is 19.0 Å². The van der Waals surface area contributed by atoms with Crippen LogP contribution in [-0.2, 0) is 11.3 Å². The lowest BCUT2D eigenvalue weighted by molar-refractivity contribution is -0.137. The summed E-state index contributed by atoms with van der Waals surface area (Å²) in [5, 5.41) is 12.9. The molecule has 5 heteroatoms. The minimum absolute atomic E-state index is 0.188. The van der Waals surface area contributed by atoms with Gasteiger partial charge in [-0.15, -0.1) is 11.3 Å². The Bertz CT molecular complexity index is 506. The van der Waals surface area contributed by atoms with Crippen LogP contribution in [0.5, 0.6) is 0 Å². The van der Waals surface area contributed by atoms with Crippen LogP contribution in [0.25, 0.3) is 10.2 Å². The summed E-state index contributed by atoms with van der Waals surface area (Å²) in [6, 6.07) is 8.24. The fourth-order valence-electron chi connectivity index (χ4n) is 1.70. The van der Waals surface area contributed by atoms with Crippen molar-refractivity contribution in [2.24, 2.45) is 0 Å². The number of nitrogens with zero attached hydrogens (tertiary/aromatic N) is 1. The smallest absolute Gasteiger partial charge is 0.303 e. The molecule has 2 N–H and O–H groups in total. The Morgan fingerprint density at radius 1 is 1.50 bits per heavy atom. The first-order valence-electron chi connectivity index (χ1n) is 5.95. The van der Waals surface area contributed by atoms with E-state index in [1.165, 1.54) is 4.70 Å². The number of nitrogens with one attached hydrogen (secondary N) is 1. The van der Waals surface area contributed by atoms with Gasteiger partial charge >= 0.3 is 5.97 Å². The molecule has 1 aromatic carbocycles. The molecule has 1 atom stereocenters. The van der Waals surface area contributed by atoms with Gasteiger partial charge < -0.3 is 10.4 Å². The van der Waals surface area contributed by atoms with E-state index in [2.05, 4.69) is 16.4 Å². The van der Waals surface area contributed by atoms with Crippen LogP contribution in [0.15, 0.2) is 24.3 Å². The molecule has 0 radical (unpaired) electrons. The second kappa shape index (κ2) is 5.93. The SMILES string of the molecule is CC(CCC(=O)O)NCc1nc2ccccc2s1. The van der Waals surface area contributed by atoms with Crippen molar-refractivity contribution in [1.82, 2.24) is 10.3 Å². The first-order chi connectivity index (χ1) is 8.65. The Labute approximate surface area is 110 Å². The fourth-order valence-corrected chi connectivity index (χ4v) is 2.62. The summed E-state index contributed by atoms with van der Waals surface area (Å²) >= 11 is 1.67. The third-order valence-corrected chi connectivity index (χ3v) is 3.77. The van der Waals surface area contributed by atoms with Gasteiger partial charge in [0.05, 0.1) is 10.2 Å². The molecule has 4 nitrogen and oxygen atoms in total. The van der Waals surface area contributed by atoms with E-state index in [1.807, 2.05) is 25.1 Å². The predicted octanol–water partition coefficient (Wildman–Crippen LogP) is 2.64. The average Bonchev–Trinajstić information content (AvgIpc) is 2.76. The Balaban J connectivity index is 1.87. The van der Waals surface area contributed by atoms with E-state index in [-0.39, 0.29) is 12.5 Å². The zero-order valence-corrected chi connectivity index (χ0v) is 11.0. The normalized spacial score (nSPS) is 12.7. The monoisotopic (exact) mass is 264 g/mol. The highest BCUT2D eigenvalue weighted by molar-refractivity contribution is 7.18. The minimum atomic E-state index is -0.747. The van der Waals surface area contributed by atoms with Gasteiger partial charge in [0.1, 0.15) is 5.01 Å². The Morgan fingerprint density at radius 2 is 2.28 bits per heavy atom. The molecule has 2 aromatic rings. The largest absolute Gasteiger partial charge is 0.481 e. The quantitative estimate of drug-likeness (QED) is 0.842. The first kappa shape index (κ1) is 13.0. The van der Waals surface area contributed by atoms with Crippen LogP contribution in [0, 0.1) is 0 Å². The molecule has 1 unspecified atom stereocenters. The van der Waals surface area contributed by atoms with Crippen molar-refractivity contribution in [3.63, 3.8) is 0 Å². The molecule has 0 saturated heterocycles. The molecule has 0 amide bonds. The Hall–Kier alpha value is -1.46. The summed E-state index contributed by atoms with van der Waals surface area (Å²) in [5.41, 5.74) is 1.03. The molecule has 96 valence electrons. The number of hydrogen-bond acceptors (Lipinski definition) is 4. The molecule has 0 fully saturated rings. The van der Waals surface area contributed by atoms with E-state index in [9.17, 15) is 4.79 Å². The van der Waals surface area contributed by atoms with E-state index >= 15 is 0 Å². The maximum Gasteiger partial charge on any atom is 0.303 e. The molecule has 0 aliphatic carbocycles. The highest BCUT2D eigenvalue weighted by Crippen LogP contribution is 2.21. The number of aromatic nitrogens is 1. The lowest BCUT2D eigenvalue weighted by Crippen LogP contribution is -2.26. The maximum atomic E-state index is 10.5. The zero-order valence-electron chi connectivity index (χ0n) is 10.2. The minimum Gasteiger partial charge on any atom is -0.481 e. The molecule has 0 saturated carbocycles. The summed E-state index contributed by atoms with van der Waals surface area (Å²) in [6.07, 6.45) is 0.842. The number of carboxylic acid groups (broad SMARTS) is 1. The molecule has 0 aliphatic rings. The first-order valence-corrected chi connectivity index (χ1v) is 6.76. The van der Waals surface area contributed by atoms with Gasteiger partial charge in [-0.05, 0) is 25.5 Å². The average molecular weight is 264 g/mol. The summed E-state index contributed by atoms with van der Waals surface area (Å²) in [4.78, 5) is 15.0. The molecule has 1 heterocycles. The van der Waals surface area contributed by atoms with Crippen LogP contribution in [0.4, 0.5) is 0 Å². The molecule has 18 heavy (non-hydrogen) atoms. The molecule has 0 spiro atoms. The van der Waals surface area contributed by atoms with E-state index in [1.54, 1.807) is 11.3 Å². The van der Waals surface area contributed by atoms with Gasteiger partial charge in [-0.3, -0.25) is 4.79 Å². The fraction of sp³-hybridized carbons (Fsp3) is 0.385. The van der Waals surface area contributed by atoms with Crippen LogP contribution in [0.2, 0.25) is 0 Å². The number of carbonyl (C=O) groups is 1. The number of rotatable bonds is 6. The number of aliphatic carboxylic acids is 1. The molecule has 1 aromatic heterocycles. The number of benzene rings is 1. The highest BCUT2D eigenvalue weighted by atomic mass is 32.1. The number of thiazole rings is 1. The highest BCUT2D eigenvalue weighted by Gasteiger charge is 2.07. The van der Waals surface area contributed by atoms with Gasteiger partial charge in [-0.1, -0.05) is 12.1 Å². The van der Waals surface area contributed by atoms with Crippen LogP contribution in [0.3, 0.4) is 0 Å². The molecular formula is C13H16N2O2S. The van der Waals surface area contributed by atoms with Crippen molar-refractivity contribution in [1.29, 1.82) is 0 Å². The predicted molar refractivity (Wildman–Crippen MR) is 72.8 cm³/mol. The Kier molecular flexibility index (Phi) is 4.28. The van der Waals surface area contributed by atoms with Gasteiger partial charge in [0.15, 0.2) is 0 Å². The molecule has 2 rings (SSSR count). The molecule has 0 bridgehead atoms. The van der Waals surface area contributed by atoms with Crippen molar-refractivity contribution in [3.8, 4) is 0 Å². The van der Waals surface area contributed by atoms with Gasteiger partial charge in [-0.2, -0.15) is 0 Å². The maximum absolute atomic E-state index is 10.5. The lowest BCUT2D eigenvalue weighted by atomic mass is 10.2. The van der Waals surface area contributed by atoms with Crippen molar-refractivity contribution >= 4 is 27.5 Å². The van der Waals surface area contributed by atoms with Crippen LogP contribution in [-0.4, -0.2) is 22.1 Å². The van der Waals surface area contributed by atoms with Crippen molar-refractivity contribution in [2.75, 3.05) is 0 Å². The van der Waals surface area contributed by atoms with Gasteiger partial charge in [0.2, 0.25) is 0 Å². The number of hydrogen-bond donors (Lipinski definition) is 2. The van der Waals surface area contributed by atoms with Crippen molar-refractivity contribution < 1.29 is 9.90 Å². The van der Waals surface area contributed by atoms with Crippen LogP contribution >= 0.6 is 11.3 Å². The van der Waals surface area contributed by atoms with Crippen LogP contribution in [0.1, 0.15) is 24.8 Å². The molecular weight excluding hydrogens is 248 g/mol. The number of carboxylic acids is 1. The molecule has 0 aliphatic heterocycles. The van der Waals surface area contributed by atoms with Gasteiger partial charge in [0.25, 0.3) is 0 Å². The van der Waals surface area contributed by atoms with E-state index in [4.69, 9.17) is 5.11 Å². The van der Waals surface area contributed by atoms with Gasteiger partial charge in [-0.25, -0.2) is 4.98 Å². The number of para-hydroxylation sites is 1. The summed E-state index contributed by atoms with van der Waals surface area (Å²) < 4.78 is 1.19. The summed E-state index contributed by atoms with van der Waals surface area (Å²) in [7, 11) is 0. The van der Waals surface area contributed by atoms with E-state index in [0.29, 0.717) is 13.0 Å². The standard InChI is InChI=1S/C13H16N2O2S/c1-9(6-7-13(16)17)14-8-12-15-10-4-2-3-5-11(10)18-12/h2-5,9,14H,6-8H2,1H3,(H,16,17). The second-order valence-corrected chi connectivity index (χ2v) is 5.40. The van der Waals surface area contributed by atoms with Crippen LogP contribution < -0.4 is 5.32 Å². The number of fused-ring (bicyclic) bond motifs is 1. The van der Waals surface area contributed by atoms with Crippen molar-refractivity contribution in [2.45, 2.75) is 32.4 Å². The summed E-state index contributed by atoms with van der Waals surface area (Å²) in [6.45, 7) is 2.69. The lowest BCUT2D eigenvalue weighted by Gasteiger charge is -2.10. The van der Waals surface area contributed by atoms with E-state index in [0.717, 1.165) is 10.5 Å². The van der Waals surface area contributed by atoms with E-state index < -0.39 is 5.97 Å².